The Morgan fingerprint density at radius 2 is 1.77 bits per heavy atom. The van der Waals surface area contributed by atoms with Crippen LogP contribution >= 0.6 is 0 Å². The van der Waals surface area contributed by atoms with Crippen LogP contribution in [-0.2, 0) is 6.42 Å². The summed E-state index contributed by atoms with van der Waals surface area (Å²) in [7, 11) is 0. The van der Waals surface area contributed by atoms with E-state index in [4.69, 9.17) is 9.72 Å². The molecule has 2 aromatic heterocycles. The van der Waals surface area contributed by atoms with Gasteiger partial charge in [0.05, 0.1) is 28.1 Å². The van der Waals surface area contributed by atoms with Crippen LogP contribution in [0.1, 0.15) is 18.1 Å². The number of para-hydroxylation sites is 1. The SMILES string of the molecule is CCOc1ccc2nc3cc([N+](=O)[O-])ccc3c(Cc3ccnc4ccccc34)c2c1. The van der Waals surface area contributed by atoms with Crippen molar-refractivity contribution in [2.45, 2.75) is 13.3 Å². The molecule has 5 rings (SSSR count). The van der Waals surface area contributed by atoms with E-state index in [0.717, 1.165) is 44.1 Å². The Bertz CT molecular complexity index is 1460. The number of fused-ring (bicyclic) bond motifs is 3. The Labute approximate surface area is 178 Å². The van der Waals surface area contributed by atoms with Gasteiger partial charge in [-0.25, -0.2) is 4.98 Å². The fraction of sp³-hybridized carbons (Fsp3) is 0.120. The lowest BCUT2D eigenvalue weighted by Gasteiger charge is -2.14. The summed E-state index contributed by atoms with van der Waals surface area (Å²) in [5.41, 5.74) is 4.57. The lowest BCUT2D eigenvalue weighted by molar-refractivity contribution is -0.384. The summed E-state index contributed by atoms with van der Waals surface area (Å²) in [6, 6.07) is 20.8. The van der Waals surface area contributed by atoms with Crippen molar-refractivity contribution in [1.82, 2.24) is 9.97 Å². The summed E-state index contributed by atoms with van der Waals surface area (Å²) in [4.78, 5) is 20.1. The third-order valence-corrected chi connectivity index (χ3v) is 5.47. The van der Waals surface area contributed by atoms with E-state index in [1.54, 1.807) is 12.1 Å². The first kappa shape index (κ1) is 18.9. The van der Waals surface area contributed by atoms with E-state index in [-0.39, 0.29) is 10.6 Å². The van der Waals surface area contributed by atoms with E-state index in [1.807, 2.05) is 55.6 Å². The molecule has 0 aliphatic carbocycles. The summed E-state index contributed by atoms with van der Waals surface area (Å²) in [5.74, 6) is 0.777. The minimum Gasteiger partial charge on any atom is -0.494 e. The third kappa shape index (κ3) is 3.42. The van der Waals surface area contributed by atoms with E-state index in [0.29, 0.717) is 18.5 Å². The summed E-state index contributed by atoms with van der Waals surface area (Å²) in [6.07, 6.45) is 2.46. The van der Waals surface area contributed by atoms with Crippen LogP contribution in [0.25, 0.3) is 32.7 Å². The van der Waals surface area contributed by atoms with Crippen LogP contribution in [0.4, 0.5) is 5.69 Å². The summed E-state index contributed by atoms with van der Waals surface area (Å²) < 4.78 is 5.72. The van der Waals surface area contributed by atoms with E-state index in [2.05, 4.69) is 11.1 Å². The molecule has 0 amide bonds. The first-order chi connectivity index (χ1) is 15.1. The van der Waals surface area contributed by atoms with Crippen molar-refractivity contribution in [3.63, 3.8) is 0 Å². The number of nitro benzene ring substituents is 1. The molecule has 0 atom stereocenters. The zero-order valence-electron chi connectivity index (χ0n) is 16.9. The average molecular weight is 409 g/mol. The lowest BCUT2D eigenvalue weighted by atomic mass is 9.94. The summed E-state index contributed by atoms with van der Waals surface area (Å²) in [5, 5.41) is 14.3. The van der Waals surface area contributed by atoms with Crippen molar-refractivity contribution < 1.29 is 9.66 Å². The molecule has 0 aliphatic heterocycles. The number of hydrogen-bond donors (Lipinski definition) is 0. The predicted octanol–water partition coefficient (Wildman–Crippen LogP) is 5.83. The summed E-state index contributed by atoms with van der Waals surface area (Å²) >= 11 is 0. The van der Waals surface area contributed by atoms with Gasteiger partial charge in [0.1, 0.15) is 5.75 Å². The Balaban J connectivity index is 1.79. The maximum absolute atomic E-state index is 11.3. The number of nitro groups is 1. The zero-order chi connectivity index (χ0) is 21.4. The van der Waals surface area contributed by atoms with Gasteiger partial charge < -0.3 is 4.74 Å². The highest BCUT2D eigenvalue weighted by Gasteiger charge is 2.15. The van der Waals surface area contributed by atoms with Crippen molar-refractivity contribution in [2.24, 2.45) is 0 Å². The third-order valence-electron chi connectivity index (χ3n) is 5.47. The highest BCUT2D eigenvalue weighted by atomic mass is 16.6. The quantitative estimate of drug-likeness (QED) is 0.207. The Kier molecular flexibility index (Phi) is 4.67. The van der Waals surface area contributed by atoms with Gasteiger partial charge in [0.2, 0.25) is 0 Å². The fourth-order valence-electron chi connectivity index (χ4n) is 4.06. The molecule has 0 spiro atoms. The molecule has 0 N–H and O–H groups in total. The van der Waals surface area contributed by atoms with Crippen LogP contribution in [0, 0.1) is 10.1 Å². The number of pyridine rings is 2. The van der Waals surface area contributed by atoms with E-state index in [9.17, 15) is 10.1 Å². The van der Waals surface area contributed by atoms with Gasteiger partial charge in [-0.1, -0.05) is 18.2 Å². The second-order valence-corrected chi connectivity index (χ2v) is 7.32. The number of nitrogens with zero attached hydrogens (tertiary/aromatic N) is 3. The van der Waals surface area contributed by atoms with Crippen LogP contribution in [0.5, 0.6) is 5.75 Å². The molecular formula is C25H19N3O3. The standard InChI is InChI=1S/C25H19N3O3/c1-2-31-18-8-10-24-22(15-18)21(20-9-7-17(28(29)30)14-25(20)27-24)13-16-11-12-26-23-6-4-3-5-19(16)23/h3-12,14-15H,2,13H2,1H3. The Morgan fingerprint density at radius 1 is 0.903 bits per heavy atom. The number of hydrogen-bond acceptors (Lipinski definition) is 5. The van der Waals surface area contributed by atoms with Crippen LogP contribution in [-0.4, -0.2) is 21.5 Å². The monoisotopic (exact) mass is 409 g/mol. The zero-order valence-corrected chi connectivity index (χ0v) is 16.9. The van der Waals surface area contributed by atoms with Crippen LogP contribution in [0.15, 0.2) is 72.9 Å². The van der Waals surface area contributed by atoms with Crippen LogP contribution in [0.2, 0.25) is 0 Å². The van der Waals surface area contributed by atoms with Crippen molar-refractivity contribution in [3.8, 4) is 5.75 Å². The highest BCUT2D eigenvalue weighted by molar-refractivity contribution is 5.99. The van der Waals surface area contributed by atoms with E-state index in [1.165, 1.54) is 6.07 Å². The molecule has 0 radical (unpaired) electrons. The van der Waals surface area contributed by atoms with Crippen LogP contribution < -0.4 is 4.74 Å². The van der Waals surface area contributed by atoms with Crippen molar-refractivity contribution in [1.29, 1.82) is 0 Å². The highest BCUT2D eigenvalue weighted by Crippen LogP contribution is 2.33. The molecule has 2 heterocycles. The first-order valence-electron chi connectivity index (χ1n) is 10.1. The first-order valence-corrected chi connectivity index (χ1v) is 10.1. The summed E-state index contributed by atoms with van der Waals surface area (Å²) in [6.45, 7) is 2.52. The van der Waals surface area contributed by atoms with E-state index >= 15 is 0 Å². The van der Waals surface area contributed by atoms with Gasteiger partial charge in [-0.15, -0.1) is 0 Å². The minimum absolute atomic E-state index is 0.0330. The molecule has 0 unspecified atom stereocenters. The molecule has 0 bridgehead atoms. The smallest absolute Gasteiger partial charge is 0.271 e. The largest absolute Gasteiger partial charge is 0.494 e. The predicted molar refractivity (Wildman–Crippen MR) is 122 cm³/mol. The molecule has 6 heteroatoms. The lowest BCUT2D eigenvalue weighted by Crippen LogP contribution is -1.98. The maximum Gasteiger partial charge on any atom is 0.271 e. The average Bonchev–Trinajstić information content (AvgIpc) is 2.79. The molecule has 3 aromatic carbocycles. The molecule has 31 heavy (non-hydrogen) atoms. The molecule has 0 saturated carbocycles. The number of aromatic nitrogens is 2. The van der Waals surface area contributed by atoms with Gasteiger partial charge in [0.25, 0.3) is 5.69 Å². The number of rotatable bonds is 5. The molecule has 0 fully saturated rings. The van der Waals surface area contributed by atoms with Crippen molar-refractivity contribution >= 4 is 38.4 Å². The normalized spacial score (nSPS) is 11.3. The molecule has 6 nitrogen and oxygen atoms in total. The Morgan fingerprint density at radius 3 is 2.61 bits per heavy atom. The van der Waals surface area contributed by atoms with Gasteiger partial charge in [-0.3, -0.25) is 15.1 Å². The Hall–Kier alpha value is -4.06. The van der Waals surface area contributed by atoms with Gasteiger partial charge in [-0.05, 0) is 60.9 Å². The minimum atomic E-state index is -0.389. The van der Waals surface area contributed by atoms with Gasteiger partial charge in [-0.2, -0.15) is 0 Å². The molecule has 0 aliphatic rings. The number of non-ortho nitro benzene ring substituents is 1. The molecule has 5 aromatic rings. The van der Waals surface area contributed by atoms with Crippen molar-refractivity contribution in [2.75, 3.05) is 6.61 Å². The molecular weight excluding hydrogens is 390 g/mol. The topological polar surface area (TPSA) is 78.2 Å². The fourth-order valence-corrected chi connectivity index (χ4v) is 4.06. The molecule has 152 valence electrons. The van der Waals surface area contributed by atoms with Gasteiger partial charge in [0, 0.05) is 34.5 Å². The maximum atomic E-state index is 11.3. The molecule has 0 saturated heterocycles. The van der Waals surface area contributed by atoms with E-state index < -0.39 is 0 Å². The second kappa shape index (κ2) is 7.65. The van der Waals surface area contributed by atoms with Gasteiger partial charge in [0.15, 0.2) is 0 Å². The van der Waals surface area contributed by atoms with Crippen LogP contribution in [0.3, 0.4) is 0 Å². The number of benzene rings is 3. The second-order valence-electron chi connectivity index (χ2n) is 7.32. The van der Waals surface area contributed by atoms with Gasteiger partial charge >= 0.3 is 0 Å². The number of ether oxygens (including phenoxy) is 1. The van der Waals surface area contributed by atoms with Crippen molar-refractivity contribution in [3.05, 3.63) is 94.2 Å².